The molecule has 0 heterocycles. The quantitative estimate of drug-likeness (QED) is 0.242. The van der Waals surface area contributed by atoms with E-state index in [1.54, 1.807) is 0 Å². The molecule has 0 aliphatic rings. The van der Waals surface area contributed by atoms with Crippen molar-refractivity contribution in [3.05, 3.63) is 145 Å². The van der Waals surface area contributed by atoms with Gasteiger partial charge in [0.1, 0.15) is 0 Å². The summed E-state index contributed by atoms with van der Waals surface area (Å²) < 4.78 is 0. The molecule has 166 valence electrons. The van der Waals surface area contributed by atoms with Crippen LogP contribution in [0, 0.1) is 0 Å². The standard InChI is InChI=1S/C34H23Cl/c35-30-18-20-32(34(23-30)28-16-15-24-9-7-8-14-27(24)21-28)29-17-19-31(25-10-3-1-4-11-25)33(22-29)26-12-5-2-6-13-26/h1-23H. The molecule has 0 fully saturated rings. The van der Waals surface area contributed by atoms with Gasteiger partial charge >= 0.3 is 0 Å². The van der Waals surface area contributed by atoms with Gasteiger partial charge < -0.3 is 0 Å². The van der Waals surface area contributed by atoms with Crippen LogP contribution in [0.2, 0.25) is 5.02 Å². The molecule has 0 unspecified atom stereocenters. The van der Waals surface area contributed by atoms with E-state index in [4.69, 9.17) is 11.6 Å². The van der Waals surface area contributed by atoms with Crippen molar-refractivity contribution < 1.29 is 0 Å². The molecule has 0 nitrogen and oxygen atoms in total. The second kappa shape index (κ2) is 9.25. The van der Waals surface area contributed by atoms with Crippen molar-refractivity contribution in [2.24, 2.45) is 0 Å². The van der Waals surface area contributed by atoms with Crippen molar-refractivity contribution in [2.75, 3.05) is 0 Å². The van der Waals surface area contributed by atoms with Crippen LogP contribution < -0.4 is 0 Å². The first-order chi connectivity index (χ1) is 17.3. The van der Waals surface area contributed by atoms with Crippen molar-refractivity contribution >= 4 is 22.4 Å². The molecule has 0 N–H and O–H groups in total. The third-order valence-electron chi connectivity index (χ3n) is 6.54. The highest BCUT2D eigenvalue weighted by molar-refractivity contribution is 6.31. The summed E-state index contributed by atoms with van der Waals surface area (Å²) in [6.45, 7) is 0. The smallest absolute Gasteiger partial charge is 0.0412 e. The van der Waals surface area contributed by atoms with Crippen molar-refractivity contribution in [3.8, 4) is 44.5 Å². The molecule has 1 heteroatoms. The Bertz CT molecular complexity index is 1630. The van der Waals surface area contributed by atoms with E-state index in [9.17, 15) is 0 Å². The van der Waals surface area contributed by atoms with Gasteiger partial charge in [-0.05, 0) is 79.5 Å². The molecular weight excluding hydrogens is 444 g/mol. The monoisotopic (exact) mass is 466 g/mol. The van der Waals surface area contributed by atoms with Crippen LogP contribution in [-0.2, 0) is 0 Å². The van der Waals surface area contributed by atoms with Crippen LogP contribution in [-0.4, -0.2) is 0 Å². The Kier molecular flexibility index (Phi) is 5.66. The average Bonchev–Trinajstić information content (AvgIpc) is 2.93. The Balaban J connectivity index is 1.55. The Labute approximate surface area is 211 Å². The molecule has 6 aromatic rings. The number of benzene rings is 6. The van der Waals surface area contributed by atoms with Crippen molar-refractivity contribution in [3.63, 3.8) is 0 Å². The van der Waals surface area contributed by atoms with Crippen LogP contribution in [0.15, 0.2) is 140 Å². The first-order valence-corrected chi connectivity index (χ1v) is 12.2. The third kappa shape index (κ3) is 4.25. The molecule has 6 aromatic carbocycles. The van der Waals surface area contributed by atoms with Gasteiger partial charge in [-0.1, -0.05) is 127 Å². The summed E-state index contributed by atoms with van der Waals surface area (Å²) in [6, 6.07) is 49.3. The van der Waals surface area contributed by atoms with E-state index in [0.29, 0.717) is 0 Å². The first-order valence-electron chi connectivity index (χ1n) is 11.8. The summed E-state index contributed by atoms with van der Waals surface area (Å²) >= 11 is 6.50. The maximum absolute atomic E-state index is 6.50. The Morgan fingerprint density at radius 2 is 0.829 bits per heavy atom. The number of fused-ring (bicyclic) bond motifs is 1. The van der Waals surface area contributed by atoms with Crippen molar-refractivity contribution in [2.45, 2.75) is 0 Å². The van der Waals surface area contributed by atoms with Crippen LogP contribution in [0.1, 0.15) is 0 Å². The molecule has 0 bridgehead atoms. The summed E-state index contributed by atoms with van der Waals surface area (Å²) in [4.78, 5) is 0. The molecule has 0 spiro atoms. The molecule has 0 saturated heterocycles. The third-order valence-corrected chi connectivity index (χ3v) is 6.78. The molecule has 6 rings (SSSR count). The lowest BCUT2D eigenvalue weighted by Gasteiger charge is -2.16. The Morgan fingerprint density at radius 3 is 1.57 bits per heavy atom. The minimum atomic E-state index is 0.737. The highest BCUT2D eigenvalue weighted by Gasteiger charge is 2.13. The highest BCUT2D eigenvalue weighted by Crippen LogP contribution is 2.40. The first kappa shape index (κ1) is 21.4. The van der Waals surface area contributed by atoms with Crippen LogP contribution in [0.5, 0.6) is 0 Å². The molecule has 0 saturated carbocycles. The Hall–Kier alpha value is -4.13. The maximum atomic E-state index is 6.50. The van der Waals surface area contributed by atoms with E-state index < -0.39 is 0 Å². The van der Waals surface area contributed by atoms with Crippen LogP contribution in [0.3, 0.4) is 0 Å². The lowest BCUT2D eigenvalue weighted by Crippen LogP contribution is -1.90. The maximum Gasteiger partial charge on any atom is 0.0412 e. The van der Waals surface area contributed by atoms with Gasteiger partial charge in [0.25, 0.3) is 0 Å². The zero-order chi connectivity index (χ0) is 23.6. The van der Waals surface area contributed by atoms with Gasteiger partial charge in [-0.15, -0.1) is 0 Å². The normalized spacial score (nSPS) is 11.0. The summed E-state index contributed by atoms with van der Waals surface area (Å²) in [5, 5.41) is 3.19. The molecular formula is C34H23Cl. The van der Waals surface area contributed by atoms with Gasteiger partial charge in [0.05, 0.1) is 0 Å². The largest absolute Gasteiger partial charge is 0.0843 e. The fourth-order valence-electron chi connectivity index (χ4n) is 4.80. The number of hydrogen-bond donors (Lipinski definition) is 0. The minimum Gasteiger partial charge on any atom is -0.0843 e. The van der Waals surface area contributed by atoms with E-state index in [2.05, 4.69) is 133 Å². The summed E-state index contributed by atoms with van der Waals surface area (Å²) in [5.74, 6) is 0. The Morgan fingerprint density at radius 1 is 0.314 bits per heavy atom. The molecule has 0 aliphatic heterocycles. The zero-order valence-corrected chi connectivity index (χ0v) is 19.9. The molecule has 0 aromatic heterocycles. The van der Waals surface area contributed by atoms with Crippen LogP contribution >= 0.6 is 11.6 Å². The van der Waals surface area contributed by atoms with Crippen molar-refractivity contribution in [1.29, 1.82) is 0 Å². The predicted molar refractivity (Wildman–Crippen MR) is 151 cm³/mol. The van der Waals surface area contributed by atoms with E-state index in [1.807, 2.05) is 6.07 Å². The summed E-state index contributed by atoms with van der Waals surface area (Å²) in [7, 11) is 0. The summed E-state index contributed by atoms with van der Waals surface area (Å²) in [6.07, 6.45) is 0. The second-order valence-corrected chi connectivity index (χ2v) is 9.18. The van der Waals surface area contributed by atoms with E-state index in [-0.39, 0.29) is 0 Å². The van der Waals surface area contributed by atoms with Gasteiger partial charge in [0.2, 0.25) is 0 Å². The molecule has 0 atom stereocenters. The minimum absolute atomic E-state index is 0.737. The van der Waals surface area contributed by atoms with Gasteiger partial charge in [-0.2, -0.15) is 0 Å². The average molecular weight is 467 g/mol. The summed E-state index contributed by atoms with van der Waals surface area (Å²) in [5.41, 5.74) is 9.49. The zero-order valence-electron chi connectivity index (χ0n) is 19.2. The topological polar surface area (TPSA) is 0 Å². The lowest BCUT2D eigenvalue weighted by atomic mass is 9.88. The number of hydrogen-bond acceptors (Lipinski definition) is 0. The SMILES string of the molecule is Clc1ccc(-c2ccc(-c3ccccc3)c(-c3ccccc3)c2)c(-c2ccc3ccccc3c2)c1. The fourth-order valence-corrected chi connectivity index (χ4v) is 4.97. The van der Waals surface area contributed by atoms with Crippen molar-refractivity contribution in [1.82, 2.24) is 0 Å². The molecule has 0 radical (unpaired) electrons. The van der Waals surface area contributed by atoms with Crippen LogP contribution in [0.4, 0.5) is 0 Å². The van der Waals surface area contributed by atoms with Crippen LogP contribution in [0.25, 0.3) is 55.3 Å². The lowest BCUT2D eigenvalue weighted by molar-refractivity contribution is 1.55. The highest BCUT2D eigenvalue weighted by atomic mass is 35.5. The number of rotatable bonds is 4. The van der Waals surface area contributed by atoms with Gasteiger partial charge in [-0.3, -0.25) is 0 Å². The second-order valence-electron chi connectivity index (χ2n) is 8.74. The van der Waals surface area contributed by atoms with Gasteiger partial charge in [0, 0.05) is 5.02 Å². The fraction of sp³-hybridized carbons (Fsp3) is 0. The molecule has 0 amide bonds. The molecule has 0 aliphatic carbocycles. The predicted octanol–water partition coefficient (Wildman–Crippen LogP) is 10.2. The molecule has 35 heavy (non-hydrogen) atoms. The van der Waals surface area contributed by atoms with Gasteiger partial charge in [0.15, 0.2) is 0 Å². The van der Waals surface area contributed by atoms with E-state index in [1.165, 1.54) is 44.2 Å². The van der Waals surface area contributed by atoms with E-state index >= 15 is 0 Å². The van der Waals surface area contributed by atoms with E-state index in [0.717, 1.165) is 16.1 Å². The number of halogens is 1. The van der Waals surface area contributed by atoms with Gasteiger partial charge in [-0.25, -0.2) is 0 Å².